The molecule has 8 nitrogen and oxygen atoms in total. The molecule has 0 atom stereocenters. The minimum atomic E-state index is -0.616. The number of carbonyl (C=O) groups excluding carboxylic acids is 2. The lowest BCUT2D eigenvalue weighted by molar-refractivity contribution is 0.0468. The van der Waals surface area contributed by atoms with Crippen LogP contribution in [-0.4, -0.2) is 46.3 Å². The second-order valence-electron chi connectivity index (χ2n) is 12.8. The van der Waals surface area contributed by atoms with Crippen molar-refractivity contribution >= 4 is 28.8 Å². The molecule has 8 heteroatoms. The third-order valence-corrected chi connectivity index (χ3v) is 6.69. The monoisotopic (exact) mass is 534 g/mol. The third-order valence-electron chi connectivity index (χ3n) is 6.69. The Labute approximate surface area is 231 Å². The summed E-state index contributed by atoms with van der Waals surface area (Å²) in [6, 6.07) is 12.3. The zero-order chi connectivity index (χ0) is 28.6. The standard InChI is InChI=1S/C31H42N4O4/c1-29(2,3)38-27(36)33-31(7,8)22-14-12-21(13-15-22)23-16-17-25-24(26(23)34-18-10-9-11-19-34)20-32-35(25)28(37)39-30(4,5)6/h12-17,20H,9-11,18-19H2,1-8H3,(H,33,36). The van der Waals surface area contributed by atoms with Crippen LogP contribution >= 0.6 is 0 Å². The Bertz CT molecular complexity index is 1340. The molecule has 0 radical (unpaired) electrons. The molecule has 1 saturated heterocycles. The van der Waals surface area contributed by atoms with Crippen molar-refractivity contribution in [3.63, 3.8) is 0 Å². The molecule has 1 aliphatic heterocycles. The number of piperidine rings is 1. The van der Waals surface area contributed by atoms with E-state index < -0.39 is 28.9 Å². The maximum absolute atomic E-state index is 12.9. The fourth-order valence-electron chi connectivity index (χ4n) is 4.93. The summed E-state index contributed by atoms with van der Waals surface area (Å²) < 4.78 is 12.4. The van der Waals surface area contributed by atoms with E-state index in [1.54, 1.807) is 6.20 Å². The molecule has 0 bridgehead atoms. The number of aromatic nitrogens is 2. The van der Waals surface area contributed by atoms with Crippen molar-refractivity contribution in [2.75, 3.05) is 18.0 Å². The predicted octanol–water partition coefficient (Wildman–Crippen LogP) is 7.24. The SMILES string of the molecule is CC(C)(C)OC(=O)NC(C)(C)c1ccc(-c2ccc3c(cnn3C(=O)OC(C)(C)C)c2N2CCCCC2)cc1. The number of fused-ring (bicyclic) bond motifs is 1. The number of carbonyl (C=O) groups is 2. The van der Waals surface area contributed by atoms with Gasteiger partial charge in [0.1, 0.15) is 11.2 Å². The lowest BCUT2D eigenvalue weighted by Gasteiger charge is -2.32. The predicted molar refractivity (Wildman–Crippen MR) is 155 cm³/mol. The van der Waals surface area contributed by atoms with E-state index in [1.165, 1.54) is 11.1 Å². The van der Waals surface area contributed by atoms with Crippen molar-refractivity contribution in [3.05, 3.63) is 48.2 Å². The molecule has 210 valence electrons. The molecule has 0 unspecified atom stereocenters. The molecular formula is C31H42N4O4. The zero-order valence-electron chi connectivity index (χ0n) is 24.6. The van der Waals surface area contributed by atoms with Crippen LogP contribution in [0.1, 0.15) is 80.2 Å². The summed E-state index contributed by atoms with van der Waals surface area (Å²) >= 11 is 0. The number of anilines is 1. The number of hydrogen-bond donors (Lipinski definition) is 1. The van der Waals surface area contributed by atoms with E-state index in [-0.39, 0.29) is 0 Å². The molecule has 4 rings (SSSR count). The number of nitrogens with zero attached hydrogens (tertiary/aromatic N) is 3. The number of amides is 1. The largest absolute Gasteiger partial charge is 0.444 e. The van der Waals surface area contributed by atoms with Gasteiger partial charge >= 0.3 is 12.2 Å². The lowest BCUT2D eigenvalue weighted by Crippen LogP contribution is -2.43. The molecule has 1 fully saturated rings. The minimum absolute atomic E-state index is 0.448. The van der Waals surface area contributed by atoms with Crippen LogP contribution in [0.5, 0.6) is 0 Å². The van der Waals surface area contributed by atoms with Gasteiger partial charge in [0.25, 0.3) is 0 Å². The van der Waals surface area contributed by atoms with Gasteiger partial charge in [-0.15, -0.1) is 0 Å². The summed E-state index contributed by atoms with van der Waals surface area (Å²) in [5.41, 5.74) is 3.12. The quantitative estimate of drug-likeness (QED) is 0.380. The van der Waals surface area contributed by atoms with E-state index in [1.807, 2.05) is 73.6 Å². The van der Waals surface area contributed by atoms with E-state index in [9.17, 15) is 9.59 Å². The van der Waals surface area contributed by atoms with Crippen molar-refractivity contribution in [1.82, 2.24) is 15.1 Å². The molecule has 1 amide bonds. The van der Waals surface area contributed by atoms with Crippen molar-refractivity contribution in [1.29, 1.82) is 0 Å². The van der Waals surface area contributed by atoms with Gasteiger partial charge in [0.15, 0.2) is 0 Å². The molecule has 1 aromatic heterocycles. The van der Waals surface area contributed by atoms with Crippen LogP contribution in [0.3, 0.4) is 0 Å². The van der Waals surface area contributed by atoms with Gasteiger partial charge in [0.2, 0.25) is 0 Å². The van der Waals surface area contributed by atoms with E-state index >= 15 is 0 Å². The van der Waals surface area contributed by atoms with E-state index in [2.05, 4.69) is 33.5 Å². The second kappa shape index (κ2) is 10.5. The first-order chi connectivity index (χ1) is 18.1. The topological polar surface area (TPSA) is 85.7 Å². The molecule has 2 aromatic carbocycles. The molecule has 3 aromatic rings. The van der Waals surface area contributed by atoms with Crippen LogP contribution in [-0.2, 0) is 15.0 Å². The van der Waals surface area contributed by atoms with Crippen molar-refractivity contribution in [3.8, 4) is 11.1 Å². The molecular weight excluding hydrogens is 492 g/mol. The number of ether oxygens (including phenoxy) is 2. The number of rotatable bonds is 4. The van der Waals surface area contributed by atoms with Crippen LogP contribution in [0.4, 0.5) is 15.3 Å². The van der Waals surface area contributed by atoms with E-state index in [0.717, 1.165) is 59.2 Å². The van der Waals surface area contributed by atoms with Crippen LogP contribution in [0, 0.1) is 0 Å². The van der Waals surface area contributed by atoms with Crippen LogP contribution in [0.2, 0.25) is 0 Å². The van der Waals surface area contributed by atoms with Crippen molar-refractivity contribution < 1.29 is 19.1 Å². The minimum Gasteiger partial charge on any atom is -0.444 e. The summed E-state index contributed by atoms with van der Waals surface area (Å²) in [6.07, 6.45) is 4.30. The third kappa shape index (κ3) is 6.72. The first kappa shape index (κ1) is 28.5. The summed E-state index contributed by atoms with van der Waals surface area (Å²) in [5.74, 6) is 0. The first-order valence-electron chi connectivity index (χ1n) is 13.8. The van der Waals surface area contributed by atoms with E-state index in [4.69, 9.17) is 9.47 Å². The van der Waals surface area contributed by atoms with Gasteiger partial charge in [-0.3, -0.25) is 0 Å². The molecule has 2 heterocycles. The second-order valence-corrected chi connectivity index (χ2v) is 12.8. The zero-order valence-corrected chi connectivity index (χ0v) is 24.6. The Morgan fingerprint density at radius 2 is 1.44 bits per heavy atom. The van der Waals surface area contributed by atoms with Gasteiger partial charge in [0, 0.05) is 24.0 Å². The van der Waals surface area contributed by atoms with Crippen molar-refractivity contribution in [2.45, 2.75) is 91.4 Å². The summed E-state index contributed by atoms with van der Waals surface area (Å²) in [6.45, 7) is 16.9. The number of benzene rings is 2. The molecule has 0 spiro atoms. The summed E-state index contributed by atoms with van der Waals surface area (Å²) in [7, 11) is 0. The Kier molecular flexibility index (Phi) is 7.70. The Morgan fingerprint density at radius 1 is 0.821 bits per heavy atom. The van der Waals surface area contributed by atoms with Crippen LogP contribution in [0.25, 0.3) is 22.0 Å². The molecule has 1 aliphatic rings. The molecule has 0 saturated carbocycles. The highest BCUT2D eigenvalue weighted by Gasteiger charge is 2.28. The highest BCUT2D eigenvalue weighted by molar-refractivity contribution is 6.03. The average molecular weight is 535 g/mol. The molecule has 39 heavy (non-hydrogen) atoms. The lowest BCUT2D eigenvalue weighted by atomic mass is 9.91. The van der Waals surface area contributed by atoms with Crippen LogP contribution < -0.4 is 10.2 Å². The van der Waals surface area contributed by atoms with Crippen LogP contribution in [0.15, 0.2) is 42.6 Å². The van der Waals surface area contributed by atoms with Gasteiger partial charge in [-0.05, 0) is 91.8 Å². The highest BCUT2D eigenvalue weighted by atomic mass is 16.6. The van der Waals surface area contributed by atoms with Gasteiger partial charge in [-0.25, -0.2) is 9.59 Å². The first-order valence-corrected chi connectivity index (χ1v) is 13.8. The van der Waals surface area contributed by atoms with Gasteiger partial charge < -0.3 is 19.7 Å². The van der Waals surface area contributed by atoms with Gasteiger partial charge in [-0.1, -0.05) is 30.3 Å². The average Bonchev–Trinajstić information content (AvgIpc) is 3.26. The Morgan fingerprint density at radius 3 is 2.03 bits per heavy atom. The number of hydrogen-bond acceptors (Lipinski definition) is 6. The maximum Gasteiger partial charge on any atom is 0.435 e. The summed E-state index contributed by atoms with van der Waals surface area (Å²) in [4.78, 5) is 27.7. The van der Waals surface area contributed by atoms with Gasteiger partial charge in [-0.2, -0.15) is 9.78 Å². The maximum atomic E-state index is 12.9. The van der Waals surface area contributed by atoms with E-state index in [0.29, 0.717) is 0 Å². The van der Waals surface area contributed by atoms with Crippen molar-refractivity contribution in [2.24, 2.45) is 0 Å². The molecule has 0 aliphatic carbocycles. The summed E-state index contributed by atoms with van der Waals surface area (Å²) in [5, 5.41) is 8.34. The highest BCUT2D eigenvalue weighted by Crippen LogP contribution is 2.39. The fourth-order valence-corrected chi connectivity index (χ4v) is 4.93. The molecule has 1 N–H and O–H groups in total. The number of nitrogens with one attached hydrogen (secondary N) is 1. The normalized spacial score (nSPS) is 14.8. The Balaban J connectivity index is 1.70. The smallest absolute Gasteiger partial charge is 0.435 e. The number of alkyl carbamates (subject to hydrolysis) is 1. The fraction of sp³-hybridized carbons (Fsp3) is 0.516. The van der Waals surface area contributed by atoms with Gasteiger partial charge in [0.05, 0.1) is 22.9 Å². The Hall–Kier alpha value is -3.55.